The molecule has 26 heavy (non-hydrogen) atoms. The first kappa shape index (κ1) is 18.2. The van der Waals surface area contributed by atoms with E-state index in [2.05, 4.69) is 10.4 Å². The van der Waals surface area contributed by atoms with Crippen LogP contribution in [0.25, 0.3) is 0 Å². The fourth-order valence-corrected chi connectivity index (χ4v) is 2.89. The number of benzene rings is 2. The van der Waals surface area contributed by atoms with Crippen LogP contribution in [0.3, 0.4) is 0 Å². The van der Waals surface area contributed by atoms with Gasteiger partial charge in [-0.15, -0.1) is 0 Å². The Hall–Kier alpha value is -2.63. The lowest BCUT2D eigenvalue weighted by Crippen LogP contribution is -2.24. The van der Waals surface area contributed by atoms with Gasteiger partial charge in [-0.25, -0.2) is 4.68 Å². The summed E-state index contributed by atoms with van der Waals surface area (Å²) in [5.74, 6) is 0. The van der Waals surface area contributed by atoms with Gasteiger partial charge in [-0.2, -0.15) is 5.10 Å². The standard InChI is InChI=1S/C20H20ClN3O2/c1-26-14-17-10-6-5-9-16(17)11-22-18-12-23-24(20(25)19(18)21)13-15-7-3-2-4-8-15/h2-10,12,22H,11,13-14H2,1H3. The predicted molar refractivity (Wildman–Crippen MR) is 104 cm³/mol. The quantitative estimate of drug-likeness (QED) is 0.689. The number of hydrogen-bond donors (Lipinski definition) is 1. The van der Waals surface area contributed by atoms with Crippen molar-refractivity contribution in [1.82, 2.24) is 9.78 Å². The molecule has 1 heterocycles. The molecule has 0 fully saturated rings. The second kappa shape index (κ2) is 8.65. The van der Waals surface area contributed by atoms with Gasteiger partial charge < -0.3 is 10.1 Å². The fraction of sp³-hybridized carbons (Fsp3) is 0.200. The number of anilines is 1. The highest BCUT2D eigenvalue weighted by Crippen LogP contribution is 2.18. The maximum absolute atomic E-state index is 12.5. The Morgan fingerprint density at radius 3 is 2.50 bits per heavy atom. The van der Waals surface area contributed by atoms with Crippen molar-refractivity contribution in [3.63, 3.8) is 0 Å². The minimum absolute atomic E-state index is 0.139. The average molecular weight is 370 g/mol. The largest absolute Gasteiger partial charge is 0.380 e. The van der Waals surface area contributed by atoms with E-state index in [1.54, 1.807) is 13.3 Å². The van der Waals surface area contributed by atoms with Gasteiger partial charge in [0.05, 0.1) is 25.0 Å². The Morgan fingerprint density at radius 1 is 1.08 bits per heavy atom. The molecule has 6 heteroatoms. The maximum Gasteiger partial charge on any atom is 0.287 e. The first-order valence-electron chi connectivity index (χ1n) is 8.28. The van der Waals surface area contributed by atoms with Gasteiger partial charge in [0.2, 0.25) is 0 Å². The van der Waals surface area contributed by atoms with E-state index in [0.717, 1.165) is 16.7 Å². The number of nitrogens with one attached hydrogen (secondary N) is 1. The zero-order valence-electron chi connectivity index (χ0n) is 14.5. The summed E-state index contributed by atoms with van der Waals surface area (Å²) in [7, 11) is 1.66. The molecule has 3 rings (SSSR count). The molecule has 5 nitrogen and oxygen atoms in total. The Balaban J connectivity index is 1.76. The van der Waals surface area contributed by atoms with E-state index in [9.17, 15) is 4.79 Å². The normalized spacial score (nSPS) is 10.7. The number of methoxy groups -OCH3 is 1. The van der Waals surface area contributed by atoms with Crippen LogP contribution in [-0.2, 0) is 24.4 Å². The van der Waals surface area contributed by atoms with Crippen molar-refractivity contribution in [2.24, 2.45) is 0 Å². The second-order valence-corrected chi connectivity index (χ2v) is 6.25. The zero-order chi connectivity index (χ0) is 18.4. The van der Waals surface area contributed by atoms with Crippen LogP contribution in [0, 0.1) is 0 Å². The number of nitrogens with zero attached hydrogens (tertiary/aromatic N) is 2. The van der Waals surface area contributed by atoms with E-state index in [1.165, 1.54) is 4.68 Å². The molecular formula is C20H20ClN3O2. The minimum atomic E-state index is -0.314. The molecular weight excluding hydrogens is 350 g/mol. The highest BCUT2D eigenvalue weighted by atomic mass is 35.5. The molecule has 0 aliphatic heterocycles. The highest BCUT2D eigenvalue weighted by molar-refractivity contribution is 6.32. The molecule has 0 spiro atoms. The lowest BCUT2D eigenvalue weighted by atomic mass is 10.1. The summed E-state index contributed by atoms with van der Waals surface area (Å²) in [5, 5.41) is 7.57. The van der Waals surface area contributed by atoms with Crippen LogP contribution in [0.2, 0.25) is 5.02 Å². The monoisotopic (exact) mass is 369 g/mol. The fourth-order valence-electron chi connectivity index (χ4n) is 2.67. The van der Waals surface area contributed by atoms with E-state index in [-0.39, 0.29) is 10.6 Å². The van der Waals surface area contributed by atoms with Crippen LogP contribution in [0.1, 0.15) is 16.7 Å². The van der Waals surface area contributed by atoms with Crippen LogP contribution in [0.15, 0.2) is 65.6 Å². The van der Waals surface area contributed by atoms with E-state index < -0.39 is 0 Å². The predicted octanol–water partition coefficient (Wildman–Crippen LogP) is 3.70. The van der Waals surface area contributed by atoms with Crippen LogP contribution in [0.4, 0.5) is 5.69 Å². The molecule has 0 amide bonds. The molecule has 0 saturated heterocycles. The molecule has 134 valence electrons. The Bertz CT molecular complexity index is 926. The number of ether oxygens (including phenoxy) is 1. The SMILES string of the molecule is COCc1ccccc1CNc1cnn(Cc2ccccc2)c(=O)c1Cl. The summed E-state index contributed by atoms with van der Waals surface area (Å²) < 4.78 is 6.58. The molecule has 0 atom stereocenters. The lowest BCUT2D eigenvalue weighted by molar-refractivity contribution is 0.184. The molecule has 0 saturated carbocycles. The Morgan fingerprint density at radius 2 is 1.77 bits per heavy atom. The topological polar surface area (TPSA) is 56.1 Å². The third-order valence-corrected chi connectivity index (χ3v) is 4.41. The number of halogens is 1. The first-order valence-corrected chi connectivity index (χ1v) is 8.66. The summed E-state index contributed by atoms with van der Waals surface area (Å²) in [6, 6.07) is 17.6. The third-order valence-electron chi connectivity index (χ3n) is 4.05. The summed E-state index contributed by atoms with van der Waals surface area (Å²) in [6.45, 7) is 1.45. The van der Waals surface area contributed by atoms with Gasteiger partial charge in [-0.05, 0) is 16.7 Å². The molecule has 0 aliphatic rings. The van der Waals surface area contributed by atoms with Gasteiger partial charge in [0.1, 0.15) is 5.02 Å². The van der Waals surface area contributed by atoms with Crippen molar-refractivity contribution < 1.29 is 4.74 Å². The molecule has 0 radical (unpaired) electrons. The second-order valence-electron chi connectivity index (χ2n) is 5.88. The van der Waals surface area contributed by atoms with Crippen molar-refractivity contribution in [3.8, 4) is 0 Å². The van der Waals surface area contributed by atoms with Crippen LogP contribution < -0.4 is 10.9 Å². The summed E-state index contributed by atoms with van der Waals surface area (Å²) >= 11 is 6.27. The third kappa shape index (κ3) is 4.31. The van der Waals surface area contributed by atoms with Gasteiger partial charge in [0.25, 0.3) is 5.56 Å². The number of aromatic nitrogens is 2. The van der Waals surface area contributed by atoms with Gasteiger partial charge in [0, 0.05) is 13.7 Å². The molecule has 2 aromatic carbocycles. The summed E-state index contributed by atoms with van der Waals surface area (Å²) in [6.07, 6.45) is 1.59. The van der Waals surface area contributed by atoms with Gasteiger partial charge >= 0.3 is 0 Å². The molecule has 0 bridgehead atoms. The lowest BCUT2D eigenvalue weighted by Gasteiger charge is -2.13. The van der Waals surface area contributed by atoms with Crippen molar-refractivity contribution in [2.45, 2.75) is 19.7 Å². The molecule has 1 N–H and O–H groups in total. The Kier molecular flexibility index (Phi) is 6.04. The van der Waals surface area contributed by atoms with Crippen LogP contribution in [0.5, 0.6) is 0 Å². The number of rotatable bonds is 7. The minimum Gasteiger partial charge on any atom is -0.380 e. The van der Waals surface area contributed by atoms with Crippen molar-refractivity contribution in [1.29, 1.82) is 0 Å². The van der Waals surface area contributed by atoms with Gasteiger partial charge in [-0.3, -0.25) is 4.79 Å². The van der Waals surface area contributed by atoms with E-state index in [1.807, 2.05) is 54.6 Å². The maximum atomic E-state index is 12.5. The summed E-state index contributed by atoms with van der Waals surface area (Å²) in [4.78, 5) is 12.5. The van der Waals surface area contributed by atoms with Crippen LogP contribution >= 0.6 is 11.6 Å². The van der Waals surface area contributed by atoms with Crippen molar-refractivity contribution >= 4 is 17.3 Å². The van der Waals surface area contributed by atoms with Gasteiger partial charge in [0.15, 0.2) is 0 Å². The molecule has 0 unspecified atom stereocenters. The van der Waals surface area contributed by atoms with E-state index >= 15 is 0 Å². The van der Waals surface area contributed by atoms with Crippen molar-refractivity contribution in [3.05, 3.63) is 92.9 Å². The van der Waals surface area contributed by atoms with Crippen LogP contribution in [-0.4, -0.2) is 16.9 Å². The molecule has 1 aromatic heterocycles. The Labute approximate surface area is 157 Å². The molecule has 3 aromatic rings. The molecule has 0 aliphatic carbocycles. The van der Waals surface area contributed by atoms with Gasteiger partial charge in [-0.1, -0.05) is 66.2 Å². The summed E-state index contributed by atoms with van der Waals surface area (Å²) in [5.41, 5.74) is 3.37. The van der Waals surface area contributed by atoms with E-state index in [0.29, 0.717) is 25.4 Å². The van der Waals surface area contributed by atoms with Crippen molar-refractivity contribution in [2.75, 3.05) is 12.4 Å². The van der Waals surface area contributed by atoms with E-state index in [4.69, 9.17) is 16.3 Å². The smallest absolute Gasteiger partial charge is 0.287 e. The first-order chi connectivity index (χ1) is 12.7. The number of hydrogen-bond acceptors (Lipinski definition) is 4. The highest BCUT2D eigenvalue weighted by Gasteiger charge is 2.10. The average Bonchev–Trinajstić information content (AvgIpc) is 2.67. The zero-order valence-corrected chi connectivity index (χ0v) is 15.2.